The minimum absolute atomic E-state index is 0.148. The second kappa shape index (κ2) is 4.61. The molecule has 0 bridgehead atoms. The predicted octanol–water partition coefficient (Wildman–Crippen LogP) is 1.62. The highest BCUT2D eigenvalue weighted by molar-refractivity contribution is 7.89. The van der Waals surface area contributed by atoms with E-state index in [9.17, 15) is 21.6 Å². The average Bonchev–Trinajstić information content (AvgIpc) is 2.15. The molecule has 0 fully saturated rings. The van der Waals surface area contributed by atoms with Crippen LogP contribution in [0.25, 0.3) is 0 Å². The van der Waals surface area contributed by atoms with Crippen LogP contribution in [0.2, 0.25) is 0 Å². The van der Waals surface area contributed by atoms with Gasteiger partial charge < -0.3 is 0 Å². The van der Waals surface area contributed by atoms with Gasteiger partial charge in [0.15, 0.2) is 0 Å². The van der Waals surface area contributed by atoms with Gasteiger partial charge in [0.05, 0.1) is 5.69 Å². The van der Waals surface area contributed by atoms with Gasteiger partial charge >= 0.3 is 6.18 Å². The van der Waals surface area contributed by atoms with Gasteiger partial charge in [0.25, 0.3) is 0 Å². The highest BCUT2D eigenvalue weighted by atomic mass is 32.2. The lowest BCUT2D eigenvalue weighted by Crippen LogP contribution is -2.43. The molecule has 0 saturated carbocycles. The highest BCUT2D eigenvalue weighted by Gasteiger charge is 2.39. The molecule has 0 aliphatic carbocycles. The first-order valence-electron chi connectivity index (χ1n) is 4.65. The van der Waals surface area contributed by atoms with Crippen molar-refractivity contribution in [2.24, 2.45) is 0 Å². The van der Waals surface area contributed by atoms with Crippen molar-refractivity contribution in [3.05, 3.63) is 24.0 Å². The summed E-state index contributed by atoms with van der Waals surface area (Å²) < 4.78 is 61.6. The largest absolute Gasteiger partial charge is 0.404 e. The third-order valence-corrected chi connectivity index (χ3v) is 3.75. The van der Waals surface area contributed by atoms with E-state index < -0.39 is 22.2 Å². The molecule has 0 aliphatic heterocycles. The molecule has 1 N–H and O–H groups in total. The van der Waals surface area contributed by atoms with Crippen molar-refractivity contribution in [3.8, 4) is 0 Å². The van der Waals surface area contributed by atoms with Gasteiger partial charge in [0.2, 0.25) is 10.0 Å². The lowest BCUT2D eigenvalue weighted by atomic mass is 10.4. The molecule has 96 valence electrons. The molecule has 1 aromatic rings. The molecule has 0 spiro atoms. The Bertz CT molecular complexity index is 499. The Labute approximate surface area is 96.9 Å². The van der Waals surface area contributed by atoms with Crippen LogP contribution in [0.5, 0.6) is 0 Å². The number of nitrogens with one attached hydrogen (secondary N) is 1. The fourth-order valence-electron chi connectivity index (χ4n) is 1.12. The zero-order valence-corrected chi connectivity index (χ0v) is 9.93. The summed E-state index contributed by atoms with van der Waals surface area (Å²) in [4.78, 5) is 3.46. The van der Waals surface area contributed by atoms with Gasteiger partial charge in [-0.2, -0.15) is 17.9 Å². The number of aromatic nitrogens is 1. The third-order valence-electron chi connectivity index (χ3n) is 2.07. The number of hydrogen-bond donors (Lipinski definition) is 1. The third kappa shape index (κ3) is 3.40. The summed E-state index contributed by atoms with van der Waals surface area (Å²) in [6.45, 7) is 2.15. The van der Waals surface area contributed by atoms with Crippen molar-refractivity contribution in [2.45, 2.75) is 31.0 Å². The molecular weight excluding hydrogens is 257 g/mol. The van der Waals surface area contributed by atoms with Crippen LogP contribution in [0.1, 0.15) is 12.6 Å². The zero-order valence-electron chi connectivity index (χ0n) is 9.12. The van der Waals surface area contributed by atoms with Gasteiger partial charge in [-0.25, -0.2) is 8.42 Å². The fourth-order valence-corrected chi connectivity index (χ4v) is 2.54. The number of alkyl halides is 3. The van der Waals surface area contributed by atoms with Gasteiger partial charge in [0, 0.05) is 6.20 Å². The number of halogens is 3. The molecule has 0 aromatic carbocycles. The van der Waals surface area contributed by atoms with E-state index in [0.29, 0.717) is 0 Å². The molecule has 4 nitrogen and oxygen atoms in total. The number of rotatable bonds is 3. The van der Waals surface area contributed by atoms with Crippen molar-refractivity contribution in [2.75, 3.05) is 0 Å². The maximum Gasteiger partial charge on any atom is 0.404 e. The van der Waals surface area contributed by atoms with Crippen molar-refractivity contribution < 1.29 is 21.6 Å². The molecule has 17 heavy (non-hydrogen) atoms. The first-order valence-corrected chi connectivity index (χ1v) is 6.13. The van der Waals surface area contributed by atoms with Gasteiger partial charge in [-0.1, -0.05) is 0 Å². The first kappa shape index (κ1) is 13.9. The molecule has 0 radical (unpaired) electrons. The Kier molecular flexibility index (Phi) is 3.78. The summed E-state index contributed by atoms with van der Waals surface area (Å²) in [5, 5.41) is 0. The van der Waals surface area contributed by atoms with Crippen LogP contribution in [-0.2, 0) is 10.0 Å². The molecule has 1 heterocycles. The highest BCUT2D eigenvalue weighted by Crippen LogP contribution is 2.22. The van der Waals surface area contributed by atoms with E-state index in [-0.39, 0.29) is 10.6 Å². The first-order chi connectivity index (χ1) is 7.64. The van der Waals surface area contributed by atoms with Gasteiger partial charge in [-0.3, -0.25) is 4.98 Å². The van der Waals surface area contributed by atoms with E-state index in [1.807, 2.05) is 0 Å². The SMILES string of the molecule is Cc1ncccc1S(=O)(=O)N[C@@H](C)C(F)(F)F. The summed E-state index contributed by atoms with van der Waals surface area (Å²) in [7, 11) is -4.21. The number of nitrogens with zero attached hydrogens (tertiary/aromatic N) is 1. The van der Waals surface area contributed by atoms with E-state index in [4.69, 9.17) is 0 Å². The summed E-state index contributed by atoms with van der Waals surface area (Å²) in [6, 6.07) is 0.403. The quantitative estimate of drug-likeness (QED) is 0.906. The summed E-state index contributed by atoms with van der Waals surface area (Å²) >= 11 is 0. The molecule has 1 rings (SSSR count). The standard InChI is InChI=1S/C9H11F3N2O2S/c1-6-8(4-3-5-13-6)17(15,16)14-7(2)9(10,11)12/h3-5,7,14H,1-2H3/t7-/m0/s1. The monoisotopic (exact) mass is 268 g/mol. The Balaban J connectivity index is 3.03. The maximum absolute atomic E-state index is 12.3. The zero-order chi connectivity index (χ0) is 13.3. The van der Waals surface area contributed by atoms with E-state index in [0.717, 1.165) is 6.92 Å². The van der Waals surface area contributed by atoms with Crippen molar-refractivity contribution in [3.63, 3.8) is 0 Å². The second-order valence-electron chi connectivity index (χ2n) is 3.47. The normalized spacial score (nSPS) is 14.6. The Hall–Kier alpha value is -1.15. The van der Waals surface area contributed by atoms with Crippen molar-refractivity contribution in [1.29, 1.82) is 0 Å². The molecule has 0 aliphatic rings. The summed E-state index contributed by atoms with van der Waals surface area (Å²) in [5.74, 6) is 0. The van der Waals surface area contributed by atoms with Gasteiger partial charge in [-0.15, -0.1) is 0 Å². The molecule has 0 saturated heterocycles. The van der Waals surface area contributed by atoms with Gasteiger partial charge in [-0.05, 0) is 26.0 Å². The molecule has 0 amide bonds. The summed E-state index contributed by atoms with van der Waals surface area (Å²) in [6.07, 6.45) is -3.26. The molecule has 1 aromatic heterocycles. The Morgan fingerprint density at radius 2 is 2.00 bits per heavy atom. The second-order valence-corrected chi connectivity index (χ2v) is 5.15. The molecular formula is C9H11F3N2O2S. The number of sulfonamides is 1. The van der Waals surface area contributed by atoms with Crippen LogP contribution >= 0.6 is 0 Å². The Morgan fingerprint density at radius 3 is 2.47 bits per heavy atom. The topological polar surface area (TPSA) is 59.1 Å². The van der Waals surface area contributed by atoms with Crippen LogP contribution in [0, 0.1) is 6.92 Å². The smallest absolute Gasteiger partial charge is 0.260 e. The lowest BCUT2D eigenvalue weighted by molar-refractivity contribution is -0.147. The van der Waals surface area contributed by atoms with E-state index >= 15 is 0 Å². The predicted molar refractivity (Wildman–Crippen MR) is 54.8 cm³/mol. The van der Waals surface area contributed by atoms with Crippen molar-refractivity contribution in [1.82, 2.24) is 9.71 Å². The number of aryl methyl sites for hydroxylation is 1. The van der Waals surface area contributed by atoms with Crippen LogP contribution in [-0.4, -0.2) is 25.6 Å². The maximum atomic E-state index is 12.3. The Morgan fingerprint density at radius 1 is 1.41 bits per heavy atom. The fraction of sp³-hybridized carbons (Fsp3) is 0.444. The number of hydrogen-bond acceptors (Lipinski definition) is 3. The molecule has 8 heteroatoms. The average molecular weight is 268 g/mol. The van der Waals surface area contributed by atoms with Crippen LogP contribution < -0.4 is 4.72 Å². The van der Waals surface area contributed by atoms with E-state index in [1.54, 1.807) is 4.72 Å². The van der Waals surface area contributed by atoms with Crippen LogP contribution in [0.15, 0.2) is 23.2 Å². The van der Waals surface area contributed by atoms with Gasteiger partial charge in [0.1, 0.15) is 10.9 Å². The lowest BCUT2D eigenvalue weighted by Gasteiger charge is -2.17. The molecule has 0 unspecified atom stereocenters. The van der Waals surface area contributed by atoms with Crippen LogP contribution in [0.4, 0.5) is 13.2 Å². The minimum Gasteiger partial charge on any atom is -0.260 e. The van der Waals surface area contributed by atoms with Crippen molar-refractivity contribution >= 4 is 10.0 Å². The van der Waals surface area contributed by atoms with Crippen LogP contribution in [0.3, 0.4) is 0 Å². The van der Waals surface area contributed by atoms with E-state index in [1.165, 1.54) is 25.3 Å². The summed E-state index contributed by atoms with van der Waals surface area (Å²) in [5.41, 5.74) is 0.148. The molecule has 1 atom stereocenters. The number of pyridine rings is 1. The minimum atomic E-state index is -4.62. The van der Waals surface area contributed by atoms with E-state index in [2.05, 4.69) is 4.98 Å².